The van der Waals surface area contributed by atoms with E-state index in [0.717, 1.165) is 12.0 Å². The molecule has 30 heavy (non-hydrogen) atoms. The summed E-state index contributed by atoms with van der Waals surface area (Å²) in [4.78, 5) is 4.31. The van der Waals surface area contributed by atoms with Gasteiger partial charge in [0.25, 0.3) is 0 Å². The predicted molar refractivity (Wildman–Crippen MR) is 107 cm³/mol. The number of halogens is 2. The number of hydrogen-bond donors (Lipinski definition) is 3. The molecule has 1 atom stereocenters. The van der Waals surface area contributed by atoms with Crippen molar-refractivity contribution in [2.24, 2.45) is 5.73 Å². The van der Waals surface area contributed by atoms with Crippen LogP contribution in [0.15, 0.2) is 54.7 Å². The summed E-state index contributed by atoms with van der Waals surface area (Å²) in [6, 6.07) is 13.7. The van der Waals surface area contributed by atoms with Crippen molar-refractivity contribution in [3.8, 4) is 17.0 Å². The second kappa shape index (κ2) is 8.29. The summed E-state index contributed by atoms with van der Waals surface area (Å²) in [6.07, 6.45) is 2.84. The summed E-state index contributed by atoms with van der Waals surface area (Å²) >= 11 is 0. The van der Waals surface area contributed by atoms with Crippen LogP contribution in [0.3, 0.4) is 0 Å². The van der Waals surface area contributed by atoms with Crippen molar-refractivity contribution >= 4 is 5.82 Å². The van der Waals surface area contributed by atoms with Crippen LogP contribution in [0.1, 0.15) is 36.7 Å². The number of ether oxygens (including phenoxy) is 1. The highest BCUT2D eigenvalue weighted by Gasteiger charge is 2.43. The molecule has 0 saturated heterocycles. The standard InChI is InChI=1S/C21H21F2N5O2/c22-20(23)30-16-6-2-11-25-18(16)21(9-3-10-21)26-17-8-7-15(27-28-17)13-4-1-5-14(12-13)19(24)29/h1-2,4-8,11-12,19-20,29H,3,9-10,24H2,(H,26,28). The van der Waals surface area contributed by atoms with Crippen LogP contribution in [-0.4, -0.2) is 26.9 Å². The highest BCUT2D eigenvalue weighted by Crippen LogP contribution is 2.46. The molecule has 2 heterocycles. The van der Waals surface area contributed by atoms with E-state index < -0.39 is 18.4 Å². The number of aliphatic hydroxyl groups is 1. The molecule has 1 aromatic carbocycles. The van der Waals surface area contributed by atoms with E-state index in [4.69, 9.17) is 5.73 Å². The van der Waals surface area contributed by atoms with Crippen molar-refractivity contribution in [2.45, 2.75) is 37.6 Å². The summed E-state index contributed by atoms with van der Waals surface area (Å²) < 4.78 is 30.3. The van der Waals surface area contributed by atoms with Gasteiger partial charge in [-0.2, -0.15) is 8.78 Å². The lowest BCUT2D eigenvalue weighted by Crippen LogP contribution is -2.43. The van der Waals surface area contributed by atoms with Gasteiger partial charge in [0.2, 0.25) is 0 Å². The maximum absolute atomic E-state index is 12.8. The van der Waals surface area contributed by atoms with E-state index >= 15 is 0 Å². The molecule has 9 heteroatoms. The van der Waals surface area contributed by atoms with Crippen LogP contribution in [-0.2, 0) is 5.54 Å². The third kappa shape index (κ3) is 4.07. The van der Waals surface area contributed by atoms with Gasteiger partial charge in [0.1, 0.15) is 23.5 Å². The van der Waals surface area contributed by atoms with Crippen molar-refractivity contribution in [1.29, 1.82) is 0 Å². The molecule has 7 nitrogen and oxygen atoms in total. The second-order valence-electron chi connectivity index (χ2n) is 7.16. The number of nitrogens with two attached hydrogens (primary N) is 1. The molecule has 0 aliphatic heterocycles. The molecule has 3 aromatic rings. The molecule has 2 aromatic heterocycles. The largest absolute Gasteiger partial charge is 0.433 e. The van der Waals surface area contributed by atoms with Gasteiger partial charge in [-0.1, -0.05) is 18.2 Å². The van der Waals surface area contributed by atoms with Gasteiger partial charge in [0.05, 0.1) is 11.2 Å². The van der Waals surface area contributed by atoms with Crippen LogP contribution < -0.4 is 15.8 Å². The van der Waals surface area contributed by atoms with Gasteiger partial charge in [-0.15, -0.1) is 10.2 Å². The summed E-state index contributed by atoms with van der Waals surface area (Å²) in [7, 11) is 0. The number of aromatic nitrogens is 3. The van der Waals surface area contributed by atoms with Crippen LogP contribution in [0.2, 0.25) is 0 Å². The number of nitrogens with zero attached hydrogens (tertiary/aromatic N) is 3. The quantitative estimate of drug-likeness (QED) is 0.508. The number of hydrogen-bond acceptors (Lipinski definition) is 7. The van der Waals surface area contributed by atoms with E-state index in [9.17, 15) is 13.9 Å². The summed E-state index contributed by atoms with van der Waals surface area (Å²) in [5.41, 5.74) is 7.29. The zero-order valence-electron chi connectivity index (χ0n) is 16.0. The number of anilines is 1. The molecule has 4 rings (SSSR count). The molecular formula is C21H21F2N5O2. The number of pyridine rings is 1. The number of rotatable bonds is 7. The Morgan fingerprint density at radius 2 is 1.93 bits per heavy atom. The summed E-state index contributed by atoms with van der Waals surface area (Å²) in [5.74, 6) is 0.559. The Morgan fingerprint density at radius 3 is 2.57 bits per heavy atom. The Bertz CT molecular complexity index is 1010. The van der Waals surface area contributed by atoms with Crippen LogP contribution in [0.25, 0.3) is 11.3 Å². The molecule has 1 aliphatic rings. The lowest BCUT2D eigenvalue weighted by Gasteiger charge is -2.42. The number of nitrogens with one attached hydrogen (secondary N) is 1. The monoisotopic (exact) mass is 413 g/mol. The summed E-state index contributed by atoms with van der Waals surface area (Å²) in [5, 5.41) is 21.4. The molecule has 156 valence electrons. The van der Waals surface area contributed by atoms with Crippen molar-refractivity contribution in [3.05, 3.63) is 66.0 Å². The molecule has 0 spiro atoms. The average Bonchev–Trinajstić information content (AvgIpc) is 2.71. The first-order valence-electron chi connectivity index (χ1n) is 9.53. The third-order valence-electron chi connectivity index (χ3n) is 5.20. The van der Waals surface area contributed by atoms with E-state index in [2.05, 4.69) is 25.2 Å². The average molecular weight is 413 g/mol. The van der Waals surface area contributed by atoms with Crippen molar-refractivity contribution in [2.75, 3.05) is 5.32 Å². The van der Waals surface area contributed by atoms with Crippen LogP contribution in [0.5, 0.6) is 5.75 Å². The first kappa shape index (κ1) is 20.1. The zero-order chi connectivity index (χ0) is 21.1. The minimum atomic E-state index is -2.92. The van der Waals surface area contributed by atoms with Crippen molar-refractivity contribution < 1.29 is 18.6 Å². The molecule has 1 fully saturated rings. The number of alkyl halides is 2. The molecule has 4 N–H and O–H groups in total. The fraction of sp³-hybridized carbons (Fsp3) is 0.286. The fourth-order valence-corrected chi connectivity index (χ4v) is 3.57. The van der Waals surface area contributed by atoms with E-state index in [1.807, 2.05) is 6.07 Å². The van der Waals surface area contributed by atoms with Gasteiger partial charge in [-0.05, 0) is 55.2 Å². The normalized spacial score (nSPS) is 16.0. The Morgan fingerprint density at radius 1 is 1.10 bits per heavy atom. The number of benzene rings is 1. The van der Waals surface area contributed by atoms with E-state index in [-0.39, 0.29) is 5.75 Å². The van der Waals surface area contributed by atoms with E-state index in [1.165, 1.54) is 6.07 Å². The lowest BCUT2D eigenvalue weighted by atomic mass is 9.73. The van der Waals surface area contributed by atoms with E-state index in [0.29, 0.717) is 35.6 Å². The topological polar surface area (TPSA) is 106 Å². The molecule has 0 amide bonds. The lowest BCUT2D eigenvalue weighted by molar-refractivity contribution is -0.0517. The van der Waals surface area contributed by atoms with Crippen LogP contribution in [0, 0.1) is 0 Å². The predicted octanol–water partition coefficient (Wildman–Crippen LogP) is 3.58. The second-order valence-corrected chi connectivity index (χ2v) is 7.16. The van der Waals surface area contributed by atoms with Gasteiger partial charge in [-0.25, -0.2) is 0 Å². The molecule has 1 saturated carbocycles. The molecule has 1 unspecified atom stereocenters. The highest BCUT2D eigenvalue weighted by atomic mass is 19.3. The highest BCUT2D eigenvalue weighted by molar-refractivity contribution is 5.61. The van der Waals surface area contributed by atoms with Crippen LogP contribution in [0.4, 0.5) is 14.6 Å². The zero-order valence-corrected chi connectivity index (χ0v) is 16.0. The van der Waals surface area contributed by atoms with Gasteiger partial charge in [0, 0.05) is 11.8 Å². The Kier molecular flexibility index (Phi) is 5.56. The molecule has 0 radical (unpaired) electrons. The third-order valence-corrected chi connectivity index (χ3v) is 5.20. The fourth-order valence-electron chi connectivity index (χ4n) is 3.57. The molecular weight excluding hydrogens is 392 g/mol. The maximum atomic E-state index is 12.8. The first-order valence-corrected chi connectivity index (χ1v) is 9.53. The Labute approximate surface area is 171 Å². The minimum Gasteiger partial charge on any atom is -0.433 e. The first-order chi connectivity index (χ1) is 14.5. The SMILES string of the molecule is NC(O)c1cccc(-c2ccc(NC3(c4ncccc4OC(F)F)CCC3)nn2)c1. The number of aliphatic hydroxyl groups excluding tert-OH is 1. The minimum absolute atomic E-state index is 0.0569. The van der Waals surface area contributed by atoms with Gasteiger partial charge in [0.15, 0.2) is 0 Å². The maximum Gasteiger partial charge on any atom is 0.387 e. The smallest absolute Gasteiger partial charge is 0.387 e. The van der Waals surface area contributed by atoms with Crippen LogP contribution >= 0.6 is 0 Å². The summed E-state index contributed by atoms with van der Waals surface area (Å²) in [6.45, 7) is -2.92. The van der Waals surface area contributed by atoms with Gasteiger partial charge in [-0.3, -0.25) is 4.98 Å². The molecule has 1 aliphatic carbocycles. The van der Waals surface area contributed by atoms with Gasteiger partial charge >= 0.3 is 6.61 Å². The Hall–Kier alpha value is -3.17. The van der Waals surface area contributed by atoms with Crippen molar-refractivity contribution in [1.82, 2.24) is 15.2 Å². The Balaban J connectivity index is 1.58. The van der Waals surface area contributed by atoms with Crippen molar-refractivity contribution in [3.63, 3.8) is 0 Å². The van der Waals surface area contributed by atoms with Gasteiger partial charge < -0.3 is 20.9 Å². The van der Waals surface area contributed by atoms with E-state index in [1.54, 1.807) is 42.6 Å². The molecule has 0 bridgehead atoms.